The normalized spacial score (nSPS) is 19.7. The van der Waals surface area contributed by atoms with E-state index in [1.54, 1.807) is 7.11 Å². The minimum atomic E-state index is 0.389. The lowest BCUT2D eigenvalue weighted by Gasteiger charge is -2.24. The molecule has 0 aromatic heterocycles. The zero-order valence-electron chi connectivity index (χ0n) is 8.99. The van der Waals surface area contributed by atoms with Crippen LogP contribution in [0.25, 0.3) is 5.76 Å². The molecule has 0 heterocycles. The summed E-state index contributed by atoms with van der Waals surface area (Å²) in [5, 5.41) is 0. The number of allylic oxidation sites excluding steroid dienone is 1. The molecule has 0 radical (unpaired) electrons. The fourth-order valence-electron chi connectivity index (χ4n) is 2.18. The predicted molar refractivity (Wildman–Crippen MR) is 59.5 cm³/mol. The summed E-state index contributed by atoms with van der Waals surface area (Å²) in [6.45, 7) is 2.13. The van der Waals surface area contributed by atoms with E-state index < -0.39 is 0 Å². The molecule has 2 nitrogen and oxygen atoms in total. The third-order valence-corrected chi connectivity index (χ3v) is 2.90. The van der Waals surface area contributed by atoms with Crippen molar-refractivity contribution in [2.24, 2.45) is 0 Å². The van der Waals surface area contributed by atoms with Gasteiger partial charge in [-0.05, 0) is 17.9 Å². The van der Waals surface area contributed by atoms with Gasteiger partial charge in [-0.15, -0.1) is 0 Å². The molecule has 1 aliphatic carbocycles. The van der Waals surface area contributed by atoms with Gasteiger partial charge >= 0.3 is 0 Å². The van der Waals surface area contributed by atoms with Gasteiger partial charge in [0.1, 0.15) is 12.0 Å². The number of rotatable bonds is 2. The highest BCUT2D eigenvalue weighted by molar-refractivity contribution is 5.88. The van der Waals surface area contributed by atoms with Crippen LogP contribution in [0.15, 0.2) is 29.8 Å². The number of hydrogen-bond acceptors (Lipinski definition) is 2. The van der Waals surface area contributed by atoms with Gasteiger partial charge in [-0.2, -0.15) is 0 Å². The van der Waals surface area contributed by atoms with Crippen LogP contribution in [0.5, 0.6) is 0 Å². The zero-order valence-corrected chi connectivity index (χ0v) is 8.99. The Morgan fingerprint density at radius 3 is 2.80 bits per heavy atom. The molecule has 1 aromatic carbocycles. The average molecular weight is 202 g/mol. The summed E-state index contributed by atoms with van der Waals surface area (Å²) in [5.41, 5.74) is 3.09. The second-order valence-electron chi connectivity index (χ2n) is 3.87. The van der Waals surface area contributed by atoms with Crippen molar-refractivity contribution in [3.05, 3.63) is 41.0 Å². The molecule has 0 N–H and O–H groups in total. The summed E-state index contributed by atoms with van der Waals surface area (Å²) in [4.78, 5) is 10.9. The number of hydrogen-bond donors (Lipinski definition) is 0. The van der Waals surface area contributed by atoms with E-state index in [1.165, 1.54) is 5.56 Å². The third-order valence-electron chi connectivity index (χ3n) is 2.90. The van der Waals surface area contributed by atoms with Crippen molar-refractivity contribution in [3.63, 3.8) is 0 Å². The summed E-state index contributed by atoms with van der Waals surface area (Å²) < 4.78 is 5.32. The smallest absolute Gasteiger partial charge is 0.149 e. The second kappa shape index (κ2) is 3.89. The second-order valence-corrected chi connectivity index (χ2v) is 3.87. The van der Waals surface area contributed by atoms with Crippen molar-refractivity contribution in [1.82, 2.24) is 0 Å². The summed E-state index contributed by atoms with van der Waals surface area (Å²) in [7, 11) is 1.62. The first-order valence-electron chi connectivity index (χ1n) is 5.09. The number of aldehydes is 1. The molecule has 1 atom stereocenters. The number of fused-ring (bicyclic) bond motifs is 1. The first-order valence-corrected chi connectivity index (χ1v) is 5.09. The van der Waals surface area contributed by atoms with Gasteiger partial charge in [-0.25, -0.2) is 0 Å². The van der Waals surface area contributed by atoms with Crippen LogP contribution in [-0.4, -0.2) is 13.4 Å². The van der Waals surface area contributed by atoms with Crippen LogP contribution in [-0.2, 0) is 9.53 Å². The molecule has 15 heavy (non-hydrogen) atoms. The fourth-order valence-corrected chi connectivity index (χ4v) is 2.18. The molecule has 0 aliphatic heterocycles. The number of methoxy groups -OCH3 is 1. The highest BCUT2D eigenvalue weighted by Crippen LogP contribution is 2.37. The van der Waals surface area contributed by atoms with Crippen molar-refractivity contribution in [2.45, 2.75) is 19.3 Å². The molecule has 1 aromatic rings. The van der Waals surface area contributed by atoms with Crippen LogP contribution in [0.2, 0.25) is 0 Å². The van der Waals surface area contributed by atoms with Crippen molar-refractivity contribution >= 4 is 12.0 Å². The van der Waals surface area contributed by atoms with E-state index in [9.17, 15) is 4.79 Å². The van der Waals surface area contributed by atoms with Gasteiger partial charge in [-0.1, -0.05) is 31.2 Å². The number of carbonyl (C=O) groups excluding carboxylic acids is 1. The lowest BCUT2D eigenvalue weighted by Crippen LogP contribution is -2.10. The van der Waals surface area contributed by atoms with Crippen molar-refractivity contribution in [2.75, 3.05) is 7.11 Å². The standard InChI is InChI=1S/C13H14O2/c1-9-7-10(8-14)13(15-2)12-6-4-3-5-11(9)12/h3-6,8-9H,7H2,1-2H3. The van der Waals surface area contributed by atoms with Crippen LogP contribution in [0, 0.1) is 0 Å². The summed E-state index contributed by atoms with van der Waals surface area (Å²) in [6, 6.07) is 8.10. The first kappa shape index (κ1) is 9.97. The van der Waals surface area contributed by atoms with Crippen molar-refractivity contribution in [3.8, 4) is 0 Å². The quantitative estimate of drug-likeness (QED) is 0.689. The third kappa shape index (κ3) is 1.56. The number of ether oxygens (including phenoxy) is 1. The lowest BCUT2D eigenvalue weighted by molar-refractivity contribution is -0.105. The Labute approximate surface area is 89.6 Å². The fraction of sp³-hybridized carbons (Fsp3) is 0.308. The molecule has 1 aliphatic rings. The maximum atomic E-state index is 10.9. The Morgan fingerprint density at radius 2 is 2.13 bits per heavy atom. The minimum absolute atomic E-state index is 0.389. The van der Waals surface area contributed by atoms with Gasteiger partial charge in [-0.3, -0.25) is 4.79 Å². The minimum Gasteiger partial charge on any atom is -0.496 e. The highest BCUT2D eigenvalue weighted by atomic mass is 16.5. The molecular weight excluding hydrogens is 188 g/mol. The molecule has 0 bridgehead atoms. The zero-order chi connectivity index (χ0) is 10.8. The Hall–Kier alpha value is -1.57. The molecule has 0 amide bonds. The van der Waals surface area contributed by atoms with E-state index in [4.69, 9.17) is 4.74 Å². The molecule has 0 spiro atoms. The van der Waals surface area contributed by atoms with E-state index >= 15 is 0 Å². The van der Waals surface area contributed by atoms with Crippen LogP contribution in [0.3, 0.4) is 0 Å². The molecule has 2 heteroatoms. The maximum absolute atomic E-state index is 10.9. The van der Waals surface area contributed by atoms with E-state index in [0.29, 0.717) is 5.92 Å². The van der Waals surface area contributed by atoms with Crippen LogP contribution < -0.4 is 0 Å². The largest absolute Gasteiger partial charge is 0.496 e. The number of benzene rings is 1. The van der Waals surface area contributed by atoms with E-state index in [0.717, 1.165) is 29.6 Å². The summed E-state index contributed by atoms with van der Waals surface area (Å²) >= 11 is 0. The monoisotopic (exact) mass is 202 g/mol. The van der Waals surface area contributed by atoms with Gasteiger partial charge in [0.2, 0.25) is 0 Å². The molecule has 2 rings (SSSR count). The SMILES string of the molecule is COC1=C(C=O)CC(C)c2ccccc21. The molecule has 0 fully saturated rings. The van der Waals surface area contributed by atoms with Crippen LogP contribution in [0.1, 0.15) is 30.4 Å². The summed E-state index contributed by atoms with van der Waals surface area (Å²) in [6.07, 6.45) is 1.68. The Bertz CT molecular complexity index is 418. The molecular formula is C13H14O2. The molecule has 0 saturated heterocycles. The van der Waals surface area contributed by atoms with Gasteiger partial charge < -0.3 is 4.74 Å². The Kier molecular flexibility index (Phi) is 2.58. The lowest BCUT2D eigenvalue weighted by atomic mass is 9.83. The van der Waals surface area contributed by atoms with Gasteiger partial charge in [0, 0.05) is 11.1 Å². The molecule has 0 saturated carbocycles. The van der Waals surface area contributed by atoms with E-state index in [2.05, 4.69) is 13.0 Å². The van der Waals surface area contributed by atoms with Gasteiger partial charge in [0.05, 0.1) is 7.11 Å². The maximum Gasteiger partial charge on any atom is 0.149 e. The first-order chi connectivity index (χ1) is 7.27. The average Bonchev–Trinajstić information content (AvgIpc) is 2.29. The highest BCUT2D eigenvalue weighted by Gasteiger charge is 2.23. The van der Waals surface area contributed by atoms with Crippen molar-refractivity contribution < 1.29 is 9.53 Å². The Morgan fingerprint density at radius 1 is 1.40 bits per heavy atom. The van der Waals surface area contributed by atoms with Gasteiger partial charge in [0.15, 0.2) is 0 Å². The topological polar surface area (TPSA) is 26.3 Å². The van der Waals surface area contributed by atoms with Crippen LogP contribution >= 0.6 is 0 Å². The molecule has 1 unspecified atom stereocenters. The van der Waals surface area contributed by atoms with Crippen LogP contribution in [0.4, 0.5) is 0 Å². The number of carbonyl (C=O) groups is 1. The summed E-state index contributed by atoms with van der Waals surface area (Å²) in [5.74, 6) is 1.12. The molecule has 78 valence electrons. The predicted octanol–water partition coefficient (Wildman–Crippen LogP) is 2.75. The van der Waals surface area contributed by atoms with E-state index in [1.807, 2.05) is 18.2 Å². The van der Waals surface area contributed by atoms with E-state index in [-0.39, 0.29) is 0 Å². The van der Waals surface area contributed by atoms with Crippen molar-refractivity contribution in [1.29, 1.82) is 0 Å². The van der Waals surface area contributed by atoms with Gasteiger partial charge in [0.25, 0.3) is 0 Å². The Balaban J connectivity index is 2.62.